The largest absolute Gasteiger partial charge is 0.333 e. The van der Waals surface area contributed by atoms with Gasteiger partial charge in [0.15, 0.2) is 0 Å². The molecule has 4 amide bonds. The summed E-state index contributed by atoms with van der Waals surface area (Å²) in [6, 6.07) is 7.36. The van der Waals surface area contributed by atoms with E-state index in [1.54, 1.807) is 22.2 Å². The zero-order valence-electron chi connectivity index (χ0n) is 17.5. The SMILES string of the molecule is O=C1CCCN1CN1C(=O)N(c2cncc3ccccc23)C(=O)C12CC(C1CCC1)C2. The average Bonchev–Trinajstić information content (AvgIpc) is 3.20. The molecule has 6 rings (SSSR count). The minimum absolute atomic E-state index is 0.0653. The van der Waals surface area contributed by atoms with Crippen LogP contribution in [0.5, 0.6) is 0 Å². The number of benzene rings is 1. The quantitative estimate of drug-likeness (QED) is 0.712. The summed E-state index contributed by atoms with van der Waals surface area (Å²) >= 11 is 0. The minimum Gasteiger partial charge on any atom is -0.325 e. The summed E-state index contributed by atoms with van der Waals surface area (Å²) in [6.07, 6.45) is 9.82. The van der Waals surface area contributed by atoms with Gasteiger partial charge in [0.1, 0.15) is 5.54 Å². The van der Waals surface area contributed by atoms with E-state index >= 15 is 0 Å². The molecule has 4 aliphatic rings. The second-order valence-electron chi connectivity index (χ2n) is 9.52. The van der Waals surface area contributed by atoms with E-state index in [0.717, 1.165) is 17.2 Å². The lowest BCUT2D eigenvalue weighted by Gasteiger charge is -2.52. The van der Waals surface area contributed by atoms with Crippen LogP contribution in [0.4, 0.5) is 10.5 Å². The Morgan fingerprint density at radius 3 is 2.52 bits per heavy atom. The second kappa shape index (κ2) is 6.77. The molecule has 2 saturated heterocycles. The lowest BCUT2D eigenvalue weighted by molar-refractivity contribution is -0.140. The van der Waals surface area contributed by atoms with E-state index in [2.05, 4.69) is 4.98 Å². The maximum Gasteiger partial charge on any atom is 0.333 e. The lowest BCUT2D eigenvalue weighted by atomic mass is 9.58. The number of urea groups is 1. The van der Waals surface area contributed by atoms with Gasteiger partial charge in [0, 0.05) is 29.9 Å². The Morgan fingerprint density at radius 2 is 1.81 bits per heavy atom. The lowest BCUT2D eigenvalue weighted by Crippen LogP contribution is -2.62. The molecule has 2 aliphatic carbocycles. The molecule has 1 spiro atoms. The zero-order chi connectivity index (χ0) is 21.2. The average molecular weight is 418 g/mol. The molecule has 160 valence electrons. The molecule has 3 heterocycles. The van der Waals surface area contributed by atoms with Crippen molar-refractivity contribution >= 4 is 34.3 Å². The number of fused-ring (bicyclic) bond motifs is 1. The number of hydrogen-bond donors (Lipinski definition) is 0. The molecule has 7 heteroatoms. The van der Waals surface area contributed by atoms with Crippen LogP contribution >= 0.6 is 0 Å². The maximum atomic E-state index is 13.8. The van der Waals surface area contributed by atoms with Crippen molar-refractivity contribution in [1.82, 2.24) is 14.8 Å². The zero-order valence-corrected chi connectivity index (χ0v) is 17.5. The predicted octanol–water partition coefficient (Wildman–Crippen LogP) is 3.53. The summed E-state index contributed by atoms with van der Waals surface area (Å²) in [5.41, 5.74) is -0.285. The second-order valence-corrected chi connectivity index (χ2v) is 9.52. The van der Waals surface area contributed by atoms with Crippen LogP contribution in [0.15, 0.2) is 36.7 Å². The number of carbonyl (C=O) groups excluding carboxylic acids is 3. The number of anilines is 1. The fraction of sp³-hybridized carbons (Fsp3) is 0.500. The van der Waals surface area contributed by atoms with Crippen LogP contribution in [-0.2, 0) is 9.59 Å². The first-order valence-corrected chi connectivity index (χ1v) is 11.4. The van der Waals surface area contributed by atoms with Crippen LogP contribution in [0.25, 0.3) is 10.8 Å². The molecule has 7 nitrogen and oxygen atoms in total. The third-order valence-corrected chi connectivity index (χ3v) is 7.93. The Bertz CT molecular complexity index is 1080. The van der Waals surface area contributed by atoms with E-state index < -0.39 is 5.54 Å². The summed E-state index contributed by atoms with van der Waals surface area (Å²) in [6.45, 7) is 0.851. The smallest absolute Gasteiger partial charge is 0.325 e. The molecule has 0 radical (unpaired) electrons. The number of carbonyl (C=O) groups is 3. The molecular formula is C24H26N4O3. The Labute approximate surface area is 181 Å². The van der Waals surface area contributed by atoms with Crippen molar-refractivity contribution in [3.63, 3.8) is 0 Å². The highest BCUT2D eigenvalue weighted by atomic mass is 16.2. The first kappa shape index (κ1) is 18.8. The van der Waals surface area contributed by atoms with Crippen molar-refractivity contribution in [2.75, 3.05) is 18.1 Å². The van der Waals surface area contributed by atoms with E-state index in [0.29, 0.717) is 43.3 Å². The van der Waals surface area contributed by atoms with Crippen molar-refractivity contribution in [2.45, 2.75) is 50.5 Å². The number of nitrogens with zero attached hydrogens (tertiary/aromatic N) is 4. The van der Waals surface area contributed by atoms with Crippen LogP contribution in [0.2, 0.25) is 0 Å². The Kier molecular flexibility index (Phi) is 4.10. The molecule has 2 aromatic rings. The molecule has 0 N–H and O–H groups in total. The van der Waals surface area contributed by atoms with Gasteiger partial charge in [0.05, 0.1) is 18.6 Å². The third kappa shape index (κ3) is 2.65. The summed E-state index contributed by atoms with van der Waals surface area (Å²) in [4.78, 5) is 48.9. The number of pyridine rings is 1. The fourth-order valence-corrected chi connectivity index (χ4v) is 5.87. The van der Waals surface area contributed by atoms with E-state index in [1.807, 2.05) is 24.3 Å². The normalized spacial score (nSPS) is 28.7. The fourth-order valence-electron chi connectivity index (χ4n) is 5.87. The predicted molar refractivity (Wildman–Crippen MR) is 115 cm³/mol. The van der Waals surface area contributed by atoms with Crippen molar-refractivity contribution in [3.8, 4) is 0 Å². The van der Waals surface area contributed by atoms with E-state index in [9.17, 15) is 14.4 Å². The molecule has 2 aliphatic heterocycles. The van der Waals surface area contributed by atoms with Crippen LogP contribution in [0.3, 0.4) is 0 Å². The van der Waals surface area contributed by atoms with Gasteiger partial charge in [-0.05, 0) is 31.1 Å². The van der Waals surface area contributed by atoms with Crippen molar-refractivity contribution < 1.29 is 14.4 Å². The molecule has 2 saturated carbocycles. The van der Waals surface area contributed by atoms with Crippen molar-refractivity contribution in [2.24, 2.45) is 11.8 Å². The highest BCUT2D eigenvalue weighted by Crippen LogP contribution is 2.55. The van der Waals surface area contributed by atoms with Gasteiger partial charge in [0.25, 0.3) is 5.91 Å². The van der Waals surface area contributed by atoms with Crippen LogP contribution in [0, 0.1) is 11.8 Å². The van der Waals surface area contributed by atoms with Gasteiger partial charge in [-0.3, -0.25) is 19.5 Å². The summed E-state index contributed by atoms with van der Waals surface area (Å²) in [5, 5.41) is 1.73. The number of imide groups is 1. The van der Waals surface area contributed by atoms with Gasteiger partial charge < -0.3 is 4.90 Å². The highest BCUT2D eigenvalue weighted by Gasteiger charge is 2.65. The molecule has 1 aromatic carbocycles. The first-order chi connectivity index (χ1) is 15.1. The molecule has 0 atom stereocenters. The maximum absolute atomic E-state index is 13.8. The Morgan fingerprint density at radius 1 is 1.00 bits per heavy atom. The Balaban J connectivity index is 1.38. The van der Waals surface area contributed by atoms with Crippen LogP contribution < -0.4 is 4.90 Å². The highest BCUT2D eigenvalue weighted by molar-refractivity contribution is 6.26. The number of likely N-dealkylation sites (tertiary alicyclic amines) is 1. The summed E-state index contributed by atoms with van der Waals surface area (Å²) < 4.78 is 0. The van der Waals surface area contributed by atoms with Gasteiger partial charge in [-0.15, -0.1) is 0 Å². The topological polar surface area (TPSA) is 73.8 Å². The van der Waals surface area contributed by atoms with Gasteiger partial charge in [-0.2, -0.15) is 0 Å². The number of hydrogen-bond acceptors (Lipinski definition) is 4. The molecule has 1 aromatic heterocycles. The molecule has 0 unspecified atom stereocenters. The van der Waals surface area contributed by atoms with Crippen molar-refractivity contribution in [3.05, 3.63) is 36.7 Å². The van der Waals surface area contributed by atoms with E-state index in [-0.39, 0.29) is 24.5 Å². The van der Waals surface area contributed by atoms with Gasteiger partial charge in [-0.1, -0.05) is 43.5 Å². The van der Waals surface area contributed by atoms with Gasteiger partial charge in [-0.25, -0.2) is 9.69 Å². The summed E-state index contributed by atoms with van der Waals surface area (Å²) in [5.74, 6) is 1.08. The van der Waals surface area contributed by atoms with E-state index in [4.69, 9.17) is 0 Å². The Hall–Kier alpha value is -2.96. The first-order valence-electron chi connectivity index (χ1n) is 11.4. The molecule has 0 bridgehead atoms. The standard InChI is InChI=1S/C24H26N4O3/c29-21-9-4-10-26(21)15-27-23(31)28(20-14-25-13-17-5-1-2-8-19(17)20)22(30)24(27)11-18(12-24)16-6-3-7-16/h1-2,5,8,13-14,16,18H,3-4,6-7,9-12,15H2. The molecular weight excluding hydrogens is 392 g/mol. The number of amides is 4. The van der Waals surface area contributed by atoms with Crippen LogP contribution in [0.1, 0.15) is 44.9 Å². The minimum atomic E-state index is -0.822. The number of aromatic nitrogens is 1. The number of rotatable bonds is 4. The van der Waals surface area contributed by atoms with Gasteiger partial charge >= 0.3 is 6.03 Å². The third-order valence-electron chi connectivity index (χ3n) is 7.93. The van der Waals surface area contributed by atoms with Crippen molar-refractivity contribution in [1.29, 1.82) is 0 Å². The summed E-state index contributed by atoms with van der Waals surface area (Å²) in [7, 11) is 0. The molecule has 4 fully saturated rings. The van der Waals surface area contributed by atoms with Gasteiger partial charge in [0.2, 0.25) is 5.91 Å². The molecule has 31 heavy (non-hydrogen) atoms. The van der Waals surface area contributed by atoms with Crippen LogP contribution in [-0.4, -0.2) is 51.4 Å². The van der Waals surface area contributed by atoms with E-state index in [1.165, 1.54) is 24.2 Å². The monoisotopic (exact) mass is 418 g/mol.